The van der Waals surface area contributed by atoms with Crippen molar-refractivity contribution in [3.63, 3.8) is 0 Å². The molecule has 0 fully saturated rings. The van der Waals surface area contributed by atoms with Crippen molar-refractivity contribution in [3.8, 4) is 17.3 Å². The number of hydrogen-bond acceptors (Lipinski definition) is 3. The zero-order valence-corrected chi connectivity index (χ0v) is 9.54. The Morgan fingerprint density at radius 3 is 2.56 bits per heavy atom. The summed E-state index contributed by atoms with van der Waals surface area (Å²) in [6, 6.07) is 15.6. The molecule has 0 amide bonds. The van der Waals surface area contributed by atoms with Gasteiger partial charge in [0.2, 0.25) is 0 Å². The molecule has 3 aromatic rings. The van der Waals surface area contributed by atoms with E-state index in [2.05, 4.69) is 16.0 Å². The minimum Gasteiger partial charge on any atom is -0.265 e. The first-order chi connectivity index (χ1) is 8.88. The number of hydrogen-bond donors (Lipinski definition) is 0. The third-order valence-corrected chi connectivity index (χ3v) is 2.81. The van der Waals surface area contributed by atoms with Gasteiger partial charge in [-0.3, -0.25) is 4.98 Å². The van der Waals surface area contributed by atoms with Crippen molar-refractivity contribution in [2.45, 2.75) is 0 Å². The van der Waals surface area contributed by atoms with Crippen LogP contribution in [-0.2, 0) is 0 Å². The lowest BCUT2D eigenvalue weighted by Gasteiger charge is -2.06. The van der Waals surface area contributed by atoms with E-state index in [1.807, 2.05) is 36.4 Å². The molecule has 0 aliphatic rings. The molecule has 3 rings (SSSR count). The van der Waals surface area contributed by atoms with Crippen molar-refractivity contribution in [1.29, 1.82) is 5.26 Å². The normalized spacial score (nSPS) is 10.2. The molecule has 0 saturated heterocycles. The van der Waals surface area contributed by atoms with Crippen LogP contribution in [0, 0.1) is 11.3 Å². The first-order valence-corrected chi connectivity index (χ1v) is 5.59. The van der Waals surface area contributed by atoms with Gasteiger partial charge in [-0.2, -0.15) is 5.26 Å². The molecule has 18 heavy (non-hydrogen) atoms. The molecule has 0 aliphatic heterocycles. The summed E-state index contributed by atoms with van der Waals surface area (Å²) in [7, 11) is 0. The number of pyridine rings is 2. The molecular weight excluding hydrogens is 222 g/mol. The van der Waals surface area contributed by atoms with Crippen LogP contribution < -0.4 is 0 Å². The molecule has 3 nitrogen and oxygen atoms in total. The van der Waals surface area contributed by atoms with E-state index in [1.165, 1.54) is 0 Å². The van der Waals surface area contributed by atoms with E-state index in [-0.39, 0.29) is 0 Å². The van der Waals surface area contributed by atoms with Crippen LogP contribution in [0.2, 0.25) is 0 Å². The van der Waals surface area contributed by atoms with Gasteiger partial charge in [0.05, 0.1) is 5.69 Å². The van der Waals surface area contributed by atoms with E-state index in [0.717, 1.165) is 22.0 Å². The maximum Gasteiger partial charge on any atom is 0.141 e. The number of rotatable bonds is 1. The highest BCUT2D eigenvalue weighted by Crippen LogP contribution is 2.26. The predicted molar refractivity (Wildman–Crippen MR) is 69.7 cm³/mol. The van der Waals surface area contributed by atoms with Gasteiger partial charge in [-0.15, -0.1) is 0 Å². The van der Waals surface area contributed by atoms with Crippen molar-refractivity contribution in [2.24, 2.45) is 0 Å². The highest BCUT2D eigenvalue weighted by Gasteiger charge is 2.07. The number of benzene rings is 1. The van der Waals surface area contributed by atoms with Crippen LogP contribution in [0.25, 0.3) is 22.0 Å². The third kappa shape index (κ3) is 1.70. The van der Waals surface area contributed by atoms with Crippen LogP contribution in [0.3, 0.4) is 0 Å². The number of aromatic nitrogens is 2. The Hall–Kier alpha value is -2.73. The van der Waals surface area contributed by atoms with Crippen molar-refractivity contribution >= 4 is 10.8 Å². The summed E-state index contributed by atoms with van der Waals surface area (Å²) in [6.07, 6.45) is 3.45. The average Bonchev–Trinajstić information content (AvgIpc) is 2.47. The Bertz CT molecular complexity index is 743. The number of fused-ring (bicyclic) bond motifs is 1. The monoisotopic (exact) mass is 231 g/mol. The smallest absolute Gasteiger partial charge is 0.141 e. The predicted octanol–water partition coefficient (Wildman–Crippen LogP) is 3.17. The molecule has 2 aromatic heterocycles. The number of nitriles is 1. The van der Waals surface area contributed by atoms with E-state index in [0.29, 0.717) is 5.69 Å². The summed E-state index contributed by atoms with van der Waals surface area (Å²) >= 11 is 0. The van der Waals surface area contributed by atoms with Crippen molar-refractivity contribution in [3.05, 3.63) is 60.6 Å². The summed E-state index contributed by atoms with van der Waals surface area (Å²) in [5, 5.41) is 11.1. The molecule has 84 valence electrons. The van der Waals surface area contributed by atoms with Crippen molar-refractivity contribution in [1.82, 2.24) is 9.97 Å². The molecule has 0 saturated carbocycles. The SMILES string of the molecule is N#Cc1cc2ccccc2c(-c2ccncc2)n1. The van der Waals surface area contributed by atoms with E-state index in [4.69, 9.17) is 5.26 Å². The Morgan fingerprint density at radius 1 is 1.00 bits per heavy atom. The summed E-state index contributed by atoms with van der Waals surface area (Å²) in [5.41, 5.74) is 2.23. The fraction of sp³-hybridized carbons (Fsp3) is 0. The van der Waals surface area contributed by atoms with Gasteiger partial charge in [-0.25, -0.2) is 4.98 Å². The van der Waals surface area contributed by atoms with Crippen LogP contribution >= 0.6 is 0 Å². The minimum absolute atomic E-state index is 0.431. The Morgan fingerprint density at radius 2 is 1.78 bits per heavy atom. The summed E-state index contributed by atoms with van der Waals surface area (Å²) < 4.78 is 0. The van der Waals surface area contributed by atoms with Crippen LogP contribution in [0.4, 0.5) is 0 Å². The van der Waals surface area contributed by atoms with E-state index >= 15 is 0 Å². The quantitative estimate of drug-likeness (QED) is 0.646. The van der Waals surface area contributed by atoms with E-state index in [9.17, 15) is 0 Å². The Balaban J connectivity index is 2.38. The van der Waals surface area contributed by atoms with Crippen LogP contribution in [0.5, 0.6) is 0 Å². The molecule has 0 N–H and O–H groups in total. The van der Waals surface area contributed by atoms with Gasteiger partial charge in [-0.1, -0.05) is 24.3 Å². The Kier molecular flexibility index (Phi) is 2.47. The second-order valence-electron chi connectivity index (χ2n) is 3.92. The van der Waals surface area contributed by atoms with Gasteiger partial charge in [-0.05, 0) is 23.6 Å². The van der Waals surface area contributed by atoms with E-state index < -0.39 is 0 Å². The van der Waals surface area contributed by atoms with Gasteiger partial charge in [0.25, 0.3) is 0 Å². The zero-order valence-electron chi connectivity index (χ0n) is 9.54. The summed E-state index contributed by atoms with van der Waals surface area (Å²) in [6.45, 7) is 0. The second kappa shape index (κ2) is 4.27. The van der Waals surface area contributed by atoms with E-state index in [1.54, 1.807) is 18.5 Å². The summed E-state index contributed by atoms with van der Waals surface area (Å²) in [5.74, 6) is 0. The molecule has 2 heterocycles. The molecule has 3 heteroatoms. The first kappa shape index (κ1) is 10.4. The molecule has 0 unspecified atom stereocenters. The van der Waals surface area contributed by atoms with Gasteiger partial charge in [0.15, 0.2) is 0 Å². The lowest BCUT2D eigenvalue weighted by molar-refractivity contribution is 1.27. The largest absolute Gasteiger partial charge is 0.265 e. The standard InChI is InChI=1S/C15H9N3/c16-10-13-9-12-3-1-2-4-14(12)15(18-13)11-5-7-17-8-6-11/h1-9H. The van der Waals surface area contributed by atoms with Crippen LogP contribution in [0.15, 0.2) is 54.9 Å². The fourth-order valence-electron chi connectivity index (χ4n) is 1.99. The lowest BCUT2D eigenvalue weighted by atomic mass is 10.0. The van der Waals surface area contributed by atoms with Gasteiger partial charge < -0.3 is 0 Å². The van der Waals surface area contributed by atoms with Crippen molar-refractivity contribution in [2.75, 3.05) is 0 Å². The highest BCUT2D eigenvalue weighted by molar-refractivity contribution is 5.95. The first-order valence-electron chi connectivity index (χ1n) is 5.59. The Labute approximate surface area is 104 Å². The highest BCUT2D eigenvalue weighted by atomic mass is 14.7. The molecule has 1 aromatic carbocycles. The molecule has 0 spiro atoms. The zero-order chi connectivity index (χ0) is 12.4. The van der Waals surface area contributed by atoms with Gasteiger partial charge in [0, 0.05) is 23.3 Å². The van der Waals surface area contributed by atoms with Crippen LogP contribution in [0.1, 0.15) is 5.69 Å². The third-order valence-electron chi connectivity index (χ3n) is 2.81. The molecule has 0 bridgehead atoms. The maximum atomic E-state index is 9.04. The lowest BCUT2D eigenvalue weighted by Crippen LogP contribution is -1.90. The average molecular weight is 231 g/mol. The topological polar surface area (TPSA) is 49.6 Å². The molecule has 0 atom stereocenters. The molecule has 0 radical (unpaired) electrons. The maximum absolute atomic E-state index is 9.04. The summed E-state index contributed by atoms with van der Waals surface area (Å²) in [4.78, 5) is 8.40. The van der Waals surface area contributed by atoms with Crippen LogP contribution in [-0.4, -0.2) is 9.97 Å². The molecular formula is C15H9N3. The molecule has 0 aliphatic carbocycles. The number of nitrogens with zero attached hydrogens (tertiary/aromatic N) is 3. The fourth-order valence-corrected chi connectivity index (χ4v) is 1.99. The second-order valence-corrected chi connectivity index (χ2v) is 3.92. The van der Waals surface area contributed by atoms with Crippen molar-refractivity contribution < 1.29 is 0 Å². The van der Waals surface area contributed by atoms with Gasteiger partial charge in [0.1, 0.15) is 11.8 Å². The van der Waals surface area contributed by atoms with Gasteiger partial charge >= 0.3 is 0 Å². The minimum atomic E-state index is 0.431.